The van der Waals surface area contributed by atoms with Gasteiger partial charge in [-0.05, 0) is 24.3 Å². The average Bonchev–Trinajstić information content (AvgIpc) is 3.20. The molecule has 23 heavy (non-hydrogen) atoms. The first-order valence-electron chi connectivity index (χ1n) is 6.86. The number of para-hydroxylation sites is 1. The Kier molecular flexibility index (Phi) is 3.91. The van der Waals surface area contributed by atoms with E-state index in [-0.39, 0.29) is 0 Å². The normalized spacial score (nSPS) is 11.0. The maximum atomic E-state index is 5.62. The van der Waals surface area contributed by atoms with Crippen molar-refractivity contribution in [3.63, 3.8) is 0 Å². The number of aromatic nitrogens is 4. The number of anilines is 2. The van der Waals surface area contributed by atoms with Gasteiger partial charge in [0.1, 0.15) is 5.01 Å². The number of hydrogen-bond acceptors (Lipinski definition) is 8. The maximum absolute atomic E-state index is 5.62. The Bertz CT molecular complexity index is 889. The summed E-state index contributed by atoms with van der Waals surface area (Å²) < 4.78 is 5.62. The lowest BCUT2D eigenvalue weighted by molar-refractivity contribution is 0.489. The molecule has 4 aromatic rings. The van der Waals surface area contributed by atoms with Crippen molar-refractivity contribution in [2.45, 2.75) is 11.0 Å². The molecule has 1 aromatic carbocycles. The van der Waals surface area contributed by atoms with Crippen molar-refractivity contribution < 1.29 is 4.42 Å². The summed E-state index contributed by atoms with van der Waals surface area (Å²) in [7, 11) is 0. The van der Waals surface area contributed by atoms with Crippen LogP contribution >= 0.6 is 23.1 Å². The van der Waals surface area contributed by atoms with Gasteiger partial charge in [-0.1, -0.05) is 41.3 Å². The molecule has 3 heterocycles. The van der Waals surface area contributed by atoms with Crippen molar-refractivity contribution in [3.05, 3.63) is 53.7 Å². The predicted octanol–water partition coefficient (Wildman–Crippen LogP) is 4.11. The van der Waals surface area contributed by atoms with E-state index in [0.29, 0.717) is 22.2 Å². The van der Waals surface area contributed by atoms with Crippen LogP contribution in [0.3, 0.4) is 0 Å². The van der Waals surface area contributed by atoms with Gasteiger partial charge in [-0.3, -0.25) is 0 Å². The molecule has 0 spiro atoms. The molecule has 0 atom stereocenters. The molecule has 114 valence electrons. The highest BCUT2D eigenvalue weighted by atomic mass is 32.2. The summed E-state index contributed by atoms with van der Waals surface area (Å²) in [5, 5.41) is 13.8. The average molecular weight is 341 g/mol. The minimum atomic E-state index is 0.589. The topological polar surface area (TPSA) is 76.7 Å². The molecule has 0 fully saturated rings. The number of oxazole rings is 1. The summed E-state index contributed by atoms with van der Waals surface area (Å²) >= 11 is 3.00. The van der Waals surface area contributed by atoms with Gasteiger partial charge in [0.2, 0.25) is 5.13 Å². The molecule has 4 rings (SSSR count). The Morgan fingerprint density at radius 2 is 2.00 bits per heavy atom. The molecule has 1 N–H and O–H groups in total. The number of nitrogens with one attached hydrogen (secondary N) is 1. The third kappa shape index (κ3) is 3.33. The van der Waals surface area contributed by atoms with Crippen LogP contribution in [0.25, 0.3) is 11.2 Å². The van der Waals surface area contributed by atoms with E-state index in [1.54, 1.807) is 6.20 Å². The van der Waals surface area contributed by atoms with Crippen molar-refractivity contribution in [1.29, 1.82) is 0 Å². The van der Waals surface area contributed by atoms with Gasteiger partial charge in [0, 0.05) is 11.9 Å². The second-order valence-corrected chi connectivity index (χ2v) is 6.57. The number of pyridine rings is 1. The number of nitrogens with zero attached hydrogens (tertiary/aromatic N) is 4. The van der Waals surface area contributed by atoms with E-state index in [9.17, 15) is 0 Å². The molecule has 0 saturated heterocycles. The van der Waals surface area contributed by atoms with Gasteiger partial charge >= 0.3 is 0 Å². The molecular formula is C15H11N5OS2. The highest BCUT2D eigenvalue weighted by Crippen LogP contribution is 2.28. The monoisotopic (exact) mass is 341 g/mol. The van der Waals surface area contributed by atoms with E-state index in [1.807, 2.05) is 42.5 Å². The van der Waals surface area contributed by atoms with Crippen LogP contribution in [0.1, 0.15) is 5.01 Å². The molecule has 0 saturated carbocycles. The zero-order chi connectivity index (χ0) is 15.5. The molecule has 0 aliphatic heterocycles. The maximum Gasteiger partial charge on any atom is 0.258 e. The highest BCUT2D eigenvalue weighted by Gasteiger charge is 2.10. The molecule has 0 aliphatic rings. The molecule has 6 nitrogen and oxygen atoms in total. The minimum Gasteiger partial charge on any atom is -0.430 e. The van der Waals surface area contributed by atoms with Gasteiger partial charge in [-0.2, -0.15) is 4.98 Å². The van der Waals surface area contributed by atoms with Gasteiger partial charge < -0.3 is 9.73 Å². The fraction of sp³-hybridized carbons (Fsp3) is 0.0667. The molecule has 3 aromatic heterocycles. The van der Waals surface area contributed by atoms with E-state index < -0.39 is 0 Å². The largest absolute Gasteiger partial charge is 0.430 e. The summed E-state index contributed by atoms with van der Waals surface area (Å²) in [6.07, 6.45) is 1.70. The summed E-state index contributed by atoms with van der Waals surface area (Å²) in [6.45, 7) is 0. The van der Waals surface area contributed by atoms with Crippen LogP contribution in [0.5, 0.6) is 0 Å². The smallest absolute Gasteiger partial charge is 0.258 e. The third-order valence-corrected chi connectivity index (χ3v) is 4.82. The third-order valence-electron chi connectivity index (χ3n) is 2.96. The van der Waals surface area contributed by atoms with Crippen molar-refractivity contribution in [3.8, 4) is 0 Å². The molecule has 0 amide bonds. The van der Waals surface area contributed by atoms with Gasteiger partial charge in [0.05, 0.1) is 5.75 Å². The standard InChI is InChI=1S/C15H11N5OS2/c1-2-5-10(6-3-1)17-14-20-19-12(23-14)9-22-15-18-13-11(21-15)7-4-8-16-13/h1-8H,9H2,(H,17,20). The van der Waals surface area contributed by atoms with E-state index in [4.69, 9.17) is 4.42 Å². The lowest BCUT2D eigenvalue weighted by atomic mass is 10.3. The minimum absolute atomic E-state index is 0.589. The number of thioether (sulfide) groups is 1. The number of fused-ring (bicyclic) bond motifs is 1. The zero-order valence-electron chi connectivity index (χ0n) is 11.8. The van der Waals surface area contributed by atoms with E-state index in [1.165, 1.54) is 23.1 Å². The Morgan fingerprint density at radius 3 is 2.87 bits per heavy atom. The fourth-order valence-corrected chi connectivity index (χ4v) is 3.51. The van der Waals surface area contributed by atoms with E-state index >= 15 is 0 Å². The summed E-state index contributed by atoms with van der Waals surface area (Å²) in [4.78, 5) is 8.48. The number of hydrogen-bond donors (Lipinski definition) is 1. The molecule has 0 unspecified atom stereocenters. The molecular weight excluding hydrogens is 330 g/mol. The predicted molar refractivity (Wildman–Crippen MR) is 91.0 cm³/mol. The number of rotatable bonds is 5. The first-order chi connectivity index (χ1) is 11.4. The Balaban J connectivity index is 1.41. The summed E-state index contributed by atoms with van der Waals surface area (Å²) in [6, 6.07) is 13.6. The second kappa shape index (κ2) is 6.35. The van der Waals surface area contributed by atoms with Crippen molar-refractivity contribution in [2.24, 2.45) is 0 Å². The molecule has 8 heteroatoms. The van der Waals surface area contributed by atoms with Gasteiger partial charge in [-0.15, -0.1) is 10.2 Å². The molecule has 0 aliphatic carbocycles. The molecule has 0 bridgehead atoms. The van der Waals surface area contributed by atoms with Crippen LogP contribution in [-0.4, -0.2) is 20.2 Å². The first kappa shape index (κ1) is 14.2. The van der Waals surface area contributed by atoms with Crippen molar-refractivity contribution in [2.75, 3.05) is 5.32 Å². The van der Waals surface area contributed by atoms with E-state index in [0.717, 1.165) is 15.8 Å². The van der Waals surface area contributed by atoms with Gasteiger partial charge in [0.25, 0.3) is 5.22 Å². The van der Waals surface area contributed by atoms with Gasteiger partial charge in [-0.25, -0.2) is 4.98 Å². The van der Waals surface area contributed by atoms with Crippen LogP contribution in [-0.2, 0) is 5.75 Å². The van der Waals surface area contributed by atoms with Crippen LogP contribution in [0, 0.1) is 0 Å². The van der Waals surface area contributed by atoms with Gasteiger partial charge in [0.15, 0.2) is 11.2 Å². The quantitative estimate of drug-likeness (QED) is 0.547. The summed E-state index contributed by atoms with van der Waals surface area (Å²) in [5.74, 6) is 0.654. The first-order valence-corrected chi connectivity index (χ1v) is 8.66. The Hall–Kier alpha value is -2.45. The Morgan fingerprint density at radius 1 is 1.09 bits per heavy atom. The van der Waals surface area contributed by atoms with Crippen LogP contribution in [0.2, 0.25) is 0 Å². The molecule has 0 radical (unpaired) electrons. The Labute approximate surface area is 140 Å². The second-order valence-electron chi connectivity index (χ2n) is 4.59. The zero-order valence-corrected chi connectivity index (χ0v) is 13.5. The summed E-state index contributed by atoms with van der Waals surface area (Å²) in [5.41, 5.74) is 2.31. The lowest BCUT2D eigenvalue weighted by Gasteiger charge is -1.99. The van der Waals surface area contributed by atoms with Crippen LogP contribution < -0.4 is 5.32 Å². The van der Waals surface area contributed by atoms with Crippen molar-refractivity contribution >= 4 is 45.1 Å². The van der Waals surface area contributed by atoms with E-state index in [2.05, 4.69) is 25.5 Å². The number of benzene rings is 1. The van der Waals surface area contributed by atoms with Crippen molar-refractivity contribution in [1.82, 2.24) is 20.2 Å². The fourth-order valence-electron chi connectivity index (χ4n) is 1.94. The van der Waals surface area contributed by atoms with Crippen LogP contribution in [0.15, 0.2) is 58.3 Å². The van der Waals surface area contributed by atoms with Crippen LogP contribution in [0.4, 0.5) is 10.8 Å². The lowest BCUT2D eigenvalue weighted by Crippen LogP contribution is -1.87. The SMILES string of the molecule is c1ccc(Nc2nnc(CSc3nc4ncccc4o3)s2)cc1. The highest BCUT2D eigenvalue weighted by molar-refractivity contribution is 7.98.